The van der Waals surface area contributed by atoms with Gasteiger partial charge in [-0.2, -0.15) is 0 Å². The SMILES string of the molecule is CNc1nc2c(s1)[C@H](c1ccc(O)cc1)CC(=O)N2. The zero-order valence-electron chi connectivity index (χ0n) is 10.3. The Labute approximate surface area is 114 Å². The Hall–Kier alpha value is -2.08. The first-order valence-corrected chi connectivity index (χ1v) is 6.76. The normalized spacial score (nSPS) is 17.7. The number of phenols is 1. The average molecular weight is 275 g/mol. The minimum Gasteiger partial charge on any atom is -0.508 e. The summed E-state index contributed by atoms with van der Waals surface area (Å²) >= 11 is 1.55. The molecular weight excluding hydrogens is 262 g/mol. The lowest BCUT2D eigenvalue weighted by Crippen LogP contribution is -2.22. The van der Waals surface area contributed by atoms with Gasteiger partial charge in [-0.1, -0.05) is 23.5 Å². The van der Waals surface area contributed by atoms with Gasteiger partial charge in [0.1, 0.15) is 11.6 Å². The third-order valence-electron chi connectivity index (χ3n) is 3.13. The summed E-state index contributed by atoms with van der Waals surface area (Å²) in [6.45, 7) is 0. The van der Waals surface area contributed by atoms with Gasteiger partial charge in [-0.3, -0.25) is 4.79 Å². The Kier molecular flexibility index (Phi) is 2.87. The van der Waals surface area contributed by atoms with Crippen LogP contribution >= 0.6 is 11.3 Å². The van der Waals surface area contributed by atoms with E-state index in [9.17, 15) is 9.90 Å². The van der Waals surface area contributed by atoms with Crippen molar-refractivity contribution in [3.63, 3.8) is 0 Å². The molecule has 3 N–H and O–H groups in total. The molecule has 2 aromatic rings. The number of carbonyl (C=O) groups is 1. The Morgan fingerprint density at radius 2 is 2.16 bits per heavy atom. The molecule has 0 radical (unpaired) electrons. The summed E-state index contributed by atoms with van der Waals surface area (Å²) in [6.07, 6.45) is 0.406. The molecular formula is C13H13N3O2S. The number of benzene rings is 1. The lowest BCUT2D eigenvalue weighted by atomic mass is 9.91. The smallest absolute Gasteiger partial charge is 0.226 e. The number of carbonyl (C=O) groups excluding carboxylic acids is 1. The highest BCUT2D eigenvalue weighted by Gasteiger charge is 2.30. The first-order valence-electron chi connectivity index (χ1n) is 5.94. The molecule has 1 aliphatic heterocycles. The molecule has 1 amide bonds. The van der Waals surface area contributed by atoms with Crippen LogP contribution in [0.2, 0.25) is 0 Å². The van der Waals surface area contributed by atoms with Crippen LogP contribution in [0.15, 0.2) is 24.3 Å². The van der Waals surface area contributed by atoms with Crippen LogP contribution in [-0.2, 0) is 4.79 Å². The van der Waals surface area contributed by atoms with Gasteiger partial charge in [-0.15, -0.1) is 0 Å². The molecule has 0 saturated heterocycles. The van der Waals surface area contributed by atoms with Gasteiger partial charge in [0.05, 0.1) is 4.88 Å². The largest absolute Gasteiger partial charge is 0.508 e. The van der Waals surface area contributed by atoms with Crippen LogP contribution in [0, 0.1) is 0 Å². The van der Waals surface area contributed by atoms with Gasteiger partial charge in [0.2, 0.25) is 5.91 Å². The van der Waals surface area contributed by atoms with Crippen molar-refractivity contribution in [1.29, 1.82) is 0 Å². The summed E-state index contributed by atoms with van der Waals surface area (Å²) in [4.78, 5) is 17.1. The summed E-state index contributed by atoms with van der Waals surface area (Å²) in [5.41, 5.74) is 1.01. The molecule has 0 aliphatic carbocycles. The van der Waals surface area contributed by atoms with Gasteiger partial charge in [0.25, 0.3) is 0 Å². The van der Waals surface area contributed by atoms with Gasteiger partial charge in [0, 0.05) is 19.4 Å². The van der Waals surface area contributed by atoms with Crippen LogP contribution < -0.4 is 10.6 Å². The second kappa shape index (κ2) is 4.55. The van der Waals surface area contributed by atoms with Gasteiger partial charge in [-0.05, 0) is 17.7 Å². The monoisotopic (exact) mass is 275 g/mol. The highest BCUT2D eigenvalue weighted by Crippen LogP contribution is 2.42. The maximum atomic E-state index is 11.8. The molecule has 0 bridgehead atoms. The van der Waals surface area contributed by atoms with E-state index in [1.807, 2.05) is 19.2 Å². The Morgan fingerprint density at radius 1 is 1.42 bits per heavy atom. The van der Waals surface area contributed by atoms with Gasteiger partial charge < -0.3 is 15.7 Å². The molecule has 5 nitrogen and oxygen atoms in total. The predicted molar refractivity (Wildman–Crippen MR) is 74.9 cm³/mol. The first-order chi connectivity index (χ1) is 9.17. The maximum Gasteiger partial charge on any atom is 0.226 e. The number of thiazole rings is 1. The van der Waals surface area contributed by atoms with Crippen molar-refractivity contribution in [3.8, 4) is 5.75 Å². The second-order valence-electron chi connectivity index (χ2n) is 4.38. The van der Waals surface area contributed by atoms with Crippen molar-refractivity contribution in [1.82, 2.24) is 4.98 Å². The Morgan fingerprint density at radius 3 is 2.84 bits per heavy atom. The molecule has 2 heterocycles. The molecule has 0 saturated carbocycles. The molecule has 6 heteroatoms. The van der Waals surface area contributed by atoms with Crippen molar-refractivity contribution in [2.75, 3.05) is 17.7 Å². The number of fused-ring (bicyclic) bond motifs is 1. The Balaban J connectivity index is 2.05. The highest BCUT2D eigenvalue weighted by molar-refractivity contribution is 7.16. The van der Waals surface area contributed by atoms with Crippen LogP contribution in [0.25, 0.3) is 0 Å². The van der Waals surface area contributed by atoms with E-state index in [1.165, 1.54) is 0 Å². The Bertz CT molecular complexity index is 621. The number of hydrogen-bond acceptors (Lipinski definition) is 5. The van der Waals surface area contributed by atoms with Crippen molar-refractivity contribution >= 4 is 28.2 Å². The van der Waals surface area contributed by atoms with Crippen molar-refractivity contribution in [3.05, 3.63) is 34.7 Å². The van der Waals surface area contributed by atoms with Gasteiger partial charge in [0.15, 0.2) is 5.13 Å². The molecule has 0 unspecified atom stereocenters. The van der Waals surface area contributed by atoms with E-state index in [4.69, 9.17) is 0 Å². The summed E-state index contributed by atoms with van der Waals surface area (Å²) < 4.78 is 0. The molecule has 0 fully saturated rings. The molecule has 3 rings (SSSR count). The number of anilines is 2. The molecule has 0 spiro atoms. The fraction of sp³-hybridized carbons (Fsp3) is 0.231. The topological polar surface area (TPSA) is 74.2 Å². The lowest BCUT2D eigenvalue weighted by molar-refractivity contribution is -0.116. The van der Waals surface area contributed by atoms with E-state index in [2.05, 4.69) is 15.6 Å². The van der Waals surface area contributed by atoms with E-state index in [-0.39, 0.29) is 17.6 Å². The lowest BCUT2D eigenvalue weighted by Gasteiger charge is -2.21. The molecule has 19 heavy (non-hydrogen) atoms. The molecule has 1 aromatic heterocycles. The minimum absolute atomic E-state index is 0.00366. The van der Waals surface area contributed by atoms with Gasteiger partial charge >= 0.3 is 0 Å². The molecule has 1 atom stereocenters. The number of phenolic OH excluding ortho intramolecular Hbond substituents is 1. The van der Waals surface area contributed by atoms with Crippen LogP contribution in [0.5, 0.6) is 5.75 Å². The van der Waals surface area contributed by atoms with E-state index in [1.54, 1.807) is 23.5 Å². The summed E-state index contributed by atoms with van der Waals surface area (Å²) in [7, 11) is 1.81. The van der Waals surface area contributed by atoms with Crippen molar-refractivity contribution in [2.24, 2.45) is 0 Å². The zero-order chi connectivity index (χ0) is 13.4. The highest BCUT2D eigenvalue weighted by atomic mass is 32.1. The predicted octanol–water partition coefficient (Wildman–Crippen LogP) is 2.36. The number of amides is 1. The van der Waals surface area contributed by atoms with Crippen LogP contribution in [0.4, 0.5) is 10.9 Å². The van der Waals surface area contributed by atoms with Crippen molar-refractivity contribution < 1.29 is 9.90 Å². The zero-order valence-corrected chi connectivity index (χ0v) is 11.1. The maximum absolute atomic E-state index is 11.8. The molecule has 98 valence electrons. The third kappa shape index (κ3) is 2.15. The molecule has 1 aromatic carbocycles. The minimum atomic E-state index is -0.0291. The fourth-order valence-electron chi connectivity index (χ4n) is 2.20. The summed E-state index contributed by atoms with van der Waals surface area (Å²) in [6, 6.07) is 6.98. The number of hydrogen-bond donors (Lipinski definition) is 3. The van der Waals surface area contributed by atoms with E-state index >= 15 is 0 Å². The van der Waals surface area contributed by atoms with Crippen LogP contribution in [0.3, 0.4) is 0 Å². The average Bonchev–Trinajstić information content (AvgIpc) is 2.81. The summed E-state index contributed by atoms with van der Waals surface area (Å²) in [5, 5.41) is 15.9. The van der Waals surface area contributed by atoms with Crippen molar-refractivity contribution in [2.45, 2.75) is 12.3 Å². The molecule has 1 aliphatic rings. The standard InChI is InChI=1S/C13H13N3O2S/c1-14-13-16-12-11(19-13)9(6-10(18)15-12)7-2-4-8(17)5-3-7/h2-5,9,17H,6H2,1H3,(H,14,16)(H,15,18)/t9-/m0/s1. The fourth-order valence-corrected chi connectivity index (χ4v) is 3.20. The number of rotatable bonds is 2. The quantitative estimate of drug-likeness (QED) is 0.786. The number of nitrogens with one attached hydrogen (secondary N) is 2. The van der Waals surface area contributed by atoms with Crippen LogP contribution in [0.1, 0.15) is 22.8 Å². The van der Waals surface area contributed by atoms with E-state index in [0.29, 0.717) is 12.2 Å². The van der Waals surface area contributed by atoms with Crippen LogP contribution in [-0.4, -0.2) is 23.0 Å². The van der Waals surface area contributed by atoms with E-state index in [0.717, 1.165) is 15.6 Å². The van der Waals surface area contributed by atoms with E-state index < -0.39 is 0 Å². The summed E-state index contributed by atoms with van der Waals surface area (Å²) in [5.74, 6) is 0.843. The number of aromatic nitrogens is 1. The number of aromatic hydroxyl groups is 1. The first kappa shape index (κ1) is 12.0. The number of nitrogens with zero attached hydrogens (tertiary/aromatic N) is 1. The second-order valence-corrected chi connectivity index (χ2v) is 5.41. The van der Waals surface area contributed by atoms with Gasteiger partial charge in [-0.25, -0.2) is 4.98 Å². The third-order valence-corrected chi connectivity index (χ3v) is 4.31.